The second kappa shape index (κ2) is 8.19. The minimum absolute atomic E-state index is 0.107. The number of ether oxygens (including phenoxy) is 1. The van der Waals surface area contributed by atoms with Crippen LogP contribution >= 0.6 is 0 Å². The van der Waals surface area contributed by atoms with Gasteiger partial charge in [0.05, 0.1) is 22.4 Å². The lowest BCUT2D eigenvalue weighted by Gasteiger charge is -2.38. The van der Waals surface area contributed by atoms with Crippen molar-refractivity contribution in [3.63, 3.8) is 0 Å². The smallest absolute Gasteiger partial charge is 0.245 e. The summed E-state index contributed by atoms with van der Waals surface area (Å²) in [6.07, 6.45) is 2.38. The van der Waals surface area contributed by atoms with Crippen molar-refractivity contribution in [2.24, 2.45) is 5.92 Å². The topological polar surface area (TPSA) is 81.7 Å². The molecule has 27 heavy (non-hydrogen) atoms. The van der Waals surface area contributed by atoms with Gasteiger partial charge in [0.25, 0.3) is 0 Å². The average molecular weight is 398 g/mol. The van der Waals surface area contributed by atoms with E-state index in [9.17, 15) is 13.2 Å². The van der Waals surface area contributed by atoms with Gasteiger partial charge in [-0.05, 0) is 76.6 Å². The van der Waals surface area contributed by atoms with E-state index in [1.165, 1.54) is 7.11 Å². The summed E-state index contributed by atoms with van der Waals surface area (Å²) < 4.78 is 31.0. The number of amides is 1. The molecule has 0 unspecified atom stereocenters. The highest BCUT2D eigenvalue weighted by Gasteiger charge is 2.48. The fourth-order valence-corrected chi connectivity index (χ4v) is 5.46. The highest BCUT2D eigenvalue weighted by atomic mass is 32.2. The van der Waals surface area contributed by atoms with E-state index in [0.717, 1.165) is 12.8 Å². The second-order valence-electron chi connectivity index (χ2n) is 8.46. The molecule has 0 radical (unpaired) electrons. The van der Waals surface area contributed by atoms with Crippen LogP contribution in [0.5, 0.6) is 5.75 Å². The molecular weight excluding hydrogens is 366 g/mol. The molecule has 0 aromatic heterocycles. The van der Waals surface area contributed by atoms with Crippen molar-refractivity contribution >= 4 is 15.7 Å². The van der Waals surface area contributed by atoms with Crippen molar-refractivity contribution < 1.29 is 22.8 Å². The molecule has 1 aliphatic rings. The number of carbonyl (C=O) groups excluding carboxylic acids is 1. The Bertz CT molecular complexity index is 742. The van der Waals surface area contributed by atoms with E-state index in [-0.39, 0.29) is 11.3 Å². The fraction of sp³-hybridized carbons (Fsp3) is 0.650. The number of benzene rings is 1. The molecule has 0 aliphatic heterocycles. The van der Waals surface area contributed by atoms with Gasteiger partial charge in [-0.25, -0.2) is 13.9 Å². The van der Waals surface area contributed by atoms with Crippen LogP contribution in [-0.2, 0) is 19.5 Å². The van der Waals surface area contributed by atoms with Gasteiger partial charge in [0.1, 0.15) is 5.75 Å². The van der Waals surface area contributed by atoms with Crippen molar-refractivity contribution in [2.75, 3.05) is 7.11 Å². The summed E-state index contributed by atoms with van der Waals surface area (Å²) in [5.74, 6) is 0.645. The first-order chi connectivity index (χ1) is 12.5. The molecule has 7 heteroatoms. The molecule has 0 saturated heterocycles. The largest absolute Gasteiger partial charge is 0.497 e. The van der Waals surface area contributed by atoms with Crippen LogP contribution < -0.4 is 10.2 Å². The summed E-state index contributed by atoms with van der Waals surface area (Å²) in [5, 5.41) is 0. The van der Waals surface area contributed by atoms with Crippen LogP contribution in [0.2, 0.25) is 0 Å². The van der Waals surface area contributed by atoms with Crippen LogP contribution in [0.4, 0.5) is 0 Å². The lowest BCUT2D eigenvalue weighted by Crippen LogP contribution is -2.46. The van der Waals surface area contributed by atoms with Crippen molar-refractivity contribution in [1.82, 2.24) is 5.48 Å². The summed E-state index contributed by atoms with van der Waals surface area (Å²) in [5.41, 5.74) is 1.88. The van der Waals surface area contributed by atoms with E-state index in [1.54, 1.807) is 24.3 Å². The van der Waals surface area contributed by atoms with Crippen LogP contribution in [0.25, 0.3) is 0 Å². The zero-order valence-corrected chi connectivity index (χ0v) is 17.7. The molecule has 1 aromatic rings. The number of carbonyl (C=O) groups is 1. The Morgan fingerprint density at radius 3 is 2.22 bits per heavy atom. The third-order valence-electron chi connectivity index (χ3n) is 5.08. The van der Waals surface area contributed by atoms with Crippen LogP contribution in [0.1, 0.15) is 59.8 Å². The average Bonchev–Trinajstić information content (AvgIpc) is 2.61. The third kappa shape index (κ3) is 5.23. The number of hydrogen-bond donors (Lipinski definition) is 1. The SMILES string of the molecule is COc1ccc(S(=O)(=O)C2(CC(=O)NOC(C)(C)C)CCC(C)CC2)cc1. The number of sulfone groups is 1. The molecular formula is C20H31NO5S. The Balaban J connectivity index is 2.30. The summed E-state index contributed by atoms with van der Waals surface area (Å²) >= 11 is 0. The van der Waals surface area contributed by atoms with Gasteiger partial charge in [0.2, 0.25) is 5.91 Å². The van der Waals surface area contributed by atoms with Gasteiger partial charge in [0.15, 0.2) is 9.84 Å². The predicted octanol–water partition coefficient (Wildman–Crippen LogP) is 3.65. The Hall–Kier alpha value is -1.60. The maximum Gasteiger partial charge on any atom is 0.245 e. The summed E-state index contributed by atoms with van der Waals surface area (Å²) in [6.45, 7) is 7.57. The molecule has 1 aliphatic carbocycles. The molecule has 1 aromatic carbocycles. The third-order valence-corrected chi connectivity index (χ3v) is 7.66. The molecule has 2 rings (SSSR count). The molecule has 1 fully saturated rings. The maximum absolute atomic E-state index is 13.5. The van der Waals surface area contributed by atoms with E-state index >= 15 is 0 Å². The molecule has 0 bridgehead atoms. The van der Waals surface area contributed by atoms with Gasteiger partial charge in [-0.2, -0.15) is 0 Å². The highest BCUT2D eigenvalue weighted by Crippen LogP contribution is 2.43. The van der Waals surface area contributed by atoms with E-state index in [0.29, 0.717) is 24.5 Å². The second-order valence-corrected chi connectivity index (χ2v) is 10.8. The van der Waals surface area contributed by atoms with Crippen molar-refractivity contribution in [2.45, 2.75) is 75.0 Å². The number of rotatable bonds is 6. The Kier molecular flexibility index (Phi) is 6.58. The Morgan fingerprint density at radius 2 is 1.74 bits per heavy atom. The summed E-state index contributed by atoms with van der Waals surface area (Å²) in [6, 6.07) is 6.37. The molecule has 0 atom stereocenters. The van der Waals surface area contributed by atoms with Crippen LogP contribution in [-0.4, -0.2) is 31.8 Å². The molecule has 1 amide bonds. The lowest BCUT2D eigenvalue weighted by atomic mass is 9.80. The van der Waals surface area contributed by atoms with Gasteiger partial charge in [-0.15, -0.1) is 0 Å². The first kappa shape index (κ1) is 21.7. The van der Waals surface area contributed by atoms with E-state index in [1.807, 2.05) is 20.8 Å². The Morgan fingerprint density at radius 1 is 1.19 bits per heavy atom. The first-order valence-electron chi connectivity index (χ1n) is 9.35. The molecule has 6 nitrogen and oxygen atoms in total. The monoisotopic (exact) mass is 397 g/mol. The Labute approximate surface area is 162 Å². The molecule has 0 spiro atoms. The van der Waals surface area contributed by atoms with Gasteiger partial charge < -0.3 is 4.74 Å². The van der Waals surface area contributed by atoms with E-state index in [2.05, 4.69) is 12.4 Å². The van der Waals surface area contributed by atoms with Crippen LogP contribution in [0, 0.1) is 5.92 Å². The first-order valence-corrected chi connectivity index (χ1v) is 10.8. The van der Waals surface area contributed by atoms with Crippen LogP contribution in [0.15, 0.2) is 29.2 Å². The van der Waals surface area contributed by atoms with Gasteiger partial charge >= 0.3 is 0 Å². The fourth-order valence-electron chi connectivity index (χ4n) is 3.37. The number of methoxy groups -OCH3 is 1. The highest BCUT2D eigenvalue weighted by molar-refractivity contribution is 7.92. The standard InChI is InChI=1S/C20H31NO5S/c1-15-10-12-20(13-11-15,14-18(22)21-26-19(2,3)4)27(23,24)17-8-6-16(25-5)7-9-17/h6-9,15H,10-14H2,1-5H3,(H,21,22). The zero-order valence-electron chi connectivity index (χ0n) is 16.9. The number of nitrogens with one attached hydrogen (secondary N) is 1. The molecule has 1 N–H and O–H groups in total. The minimum atomic E-state index is -3.69. The number of hydroxylamine groups is 1. The van der Waals surface area contributed by atoms with Crippen LogP contribution in [0.3, 0.4) is 0 Å². The van der Waals surface area contributed by atoms with Gasteiger partial charge in [-0.3, -0.25) is 9.63 Å². The molecule has 1 saturated carbocycles. The van der Waals surface area contributed by atoms with E-state index < -0.39 is 26.1 Å². The van der Waals surface area contributed by atoms with Gasteiger partial charge in [-0.1, -0.05) is 6.92 Å². The van der Waals surface area contributed by atoms with E-state index in [4.69, 9.17) is 9.57 Å². The maximum atomic E-state index is 13.5. The van der Waals surface area contributed by atoms with Crippen molar-refractivity contribution in [3.8, 4) is 5.75 Å². The molecule has 0 heterocycles. The normalized spacial score (nSPS) is 23.7. The van der Waals surface area contributed by atoms with Gasteiger partial charge in [0, 0.05) is 6.42 Å². The number of hydrogen-bond acceptors (Lipinski definition) is 5. The predicted molar refractivity (Wildman–Crippen MR) is 104 cm³/mol. The summed E-state index contributed by atoms with van der Waals surface area (Å²) in [4.78, 5) is 18.1. The lowest BCUT2D eigenvalue weighted by molar-refractivity contribution is -0.146. The van der Waals surface area contributed by atoms with Crippen molar-refractivity contribution in [3.05, 3.63) is 24.3 Å². The zero-order chi connectivity index (χ0) is 20.3. The minimum Gasteiger partial charge on any atom is -0.497 e. The van der Waals surface area contributed by atoms with Crippen molar-refractivity contribution in [1.29, 1.82) is 0 Å². The molecule has 152 valence electrons. The quantitative estimate of drug-likeness (QED) is 0.741. The summed E-state index contributed by atoms with van der Waals surface area (Å²) in [7, 11) is -2.16.